The number of hydrogen-bond acceptors (Lipinski definition) is 3. The molecule has 1 aromatic rings. The van der Waals surface area contributed by atoms with E-state index >= 15 is 0 Å². The molecule has 1 aliphatic carbocycles. The smallest absolute Gasteiger partial charge is 0.131 e. The zero-order valence-corrected chi connectivity index (χ0v) is 12.4. The molecule has 2 N–H and O–H groups in total. The van der Waals surface area contributed by atoms with Crippen LogP contribution in [0.15, 0.2) is 18.2 Å². The fourth-order valence-electron chi connectivity index (χ4n) is 3.24. The molecule has 3 nitrogen and oxygen atoms in total. The van der Waals surface area contributed by atoms with Crippen LogP contribution in [0, 0.1) is 11.7 Å². The minimum atomic E-state index is -0.190. The summed E-state index contributed by atoms with van der Waals surface area (Å²) in [6, 6.07) is 5.59. The second-order valence-electron chi connectivity index (χ2n) is 5.51. The average molecular weight is 280 g/mol. The highest BCUT2D eigenvalue weighted by Gasteiger charge is 2.30. The largest absolute Gasteiger partial charge is 0.497 e. The quantitative estimate of drug-likeness (QED) is 0.871. The Hall–Kier alpha value is -1.13. The van der Waals surface area contributed by atoms with Crippen LogP contribution >= 0.6 is 0 Å². The maximum absolute atomic E-state index is 14.1. The SMILES string of the molecule is CCN(Cc1ccc(OC)cc1F)C1CCCC1CN. The molecule has 0 spiro atoms. The van der Waals surface area contributed by atoms with E-state index in [2.05, 4.69) is 11.8 Å². The molecule has 2 unspecified atom stereocenters. The van der Waals surface area contributed by atoms with E-state index in [0.717, 1.165) is 18.7 Å². The molecule has 4 heteroatoms. The van der Waals surface area contributed by atoms with Crippen LogP contribution in [0.1, 0.15) is 31.7 Å². The molecule has 112 valence electrons. The highest BCUT2D eigenvalue weighted by molar-refractivity contribution is 5.28. The zero-order chi connectivity index (χ0) is 14.5. The highest BCUT2D eigenvalue weighted by Crippen LogP contribution is 2.30. The fraction of sp³-hybridized carbons (Fsp3) is 0.625. The molecule has 0 bridgehead atoms. The molecule has 0 saturated heterocycles. The van der Waals surface area contributed by atoms with E-state index in [-0.39, 0.29) is 5.82 Å². The number of rotatable bonds is 6. The summed E-state index contributed by atoms with van der Waals surface area (Å²) in [6.07, 6.45) is 3.60. The standard InChI is InChI=1S/C16H25FN2O/c1-3-19(16-6-4-5-12(16)10-18)11-13-7-8-14(20-2)9-15(13)17/h7-9,12,16H,3-6,10-11,18H2,1-2H3. The summed E-state index contributed by atoms with van der Waals surface area (Å²) < 4.78 is 19.1. The summed E-state index contributed by atoms with van der Waals surface area (Å²) in [6.45, 7) is 4.43. The van der Waals surface area contributed by atoms with Crippen molar-refractivity contribution in [3.63, 3.8) is 0 Å². The Morgan fingerprint density at radius 3 is 2.80 bits per heavy atom. The minimum Gasteiger partial charge on any atom is -0.497 e. The molecule has 1 fully saturated rings. The summed E-state index contributed by atoms with van der Waals surface area (Å²) in [5, 5.41) is 0. The molecule has 0 amide bonds. The molecule has 0 heterocycles. The zero-order valence-electron chi connectivity index (χ0n) is 12.4. The summed E-state index contributed by atoms with van der Waals surface area (Å²) in [4.78, 5) is 2.36. The number of benzene rings is 1. The Bertz CT molecular complexity index is 438. The maximum atomic E-state index is 14.1. The first-order valence-electron chi connectivity index (χ1n) is 7.46. The third kappa shape index (κ3) is 3.30. The molecule has 0 aliphatic heterocycles. The number of methoxy groups -OCH3 is 1. The highest BCUT2D eigenvalue weighted by atomic mass is 19.1. The van der Waals surface area contributed by atoms with Crippen LogP contribution in [0.2, 0.25) is 0 Å². The molecule has 0 radical (unpaired) electrons. The van der Waals surface area contributed by atoms with Gasteiger partial charge in [0.2, 0.25) is 0 Å². The van der Waals surface area contributed by atoms with Gasteiger partial charge in [0.25, 0.3) is 0 Å². The van der Waals surface area contributed by atoms with Gasteiger partial charge >= 0.3 is 0 Å². The lowest BCUT2D eigenvalue weighted by Gasteiger charge is -2.32. The Balaban J connectivity index is 2.10. The van der Waals surface area contributed by atoms with E-state index in [9.17, 15) is 4.39 Å². The van der Waals surface area contributed by atoms with Crippen LogP contribution in [0.25, 0.3) is 0 Å². The van der Waals surface area contributed by atoms with Crippen LogP contribution < -0.4 is 10.5 Å². The van der Waals surface area contributed by atoms with Gasteiger partial charge in [0.15, 0.2) is 0 Å². The van der Waals surface area contributed by atoms with Crippen molar-refractivity contribution in [3.8, 4) is 5.75 Å². The minimum absolute atomic E-state index is 0.190. The van der Waals surface area contributed by atoms with Gasteiger partial charge in [-0.2, -0.15) is 0 Å². The Morgan fingerprint density at radius 2 is 2.20 bits per heavy atom. The molecule has 2 rings (SSSR count). The normalized spacial score (nSPS) is 22.4. The maximum Gasteiger partial charge on any atom is 0.131 e. The van der Waals surface area contributed by atoms with Gasteiger partial charge in [-0.3, -0.25) is 4.90 Å². The van der Waals surface area contributed by atoms with E-state index in [1.165, 1.54) is 25.3 Å². The van der Waals surface area contributed by atoms with Gasteiger partial charge in [-0.25, -0.2) is 4.39 Å². The van der Waals surface area contributed by atoms with E-state index in [1.807, 2.05) is 12.1 Å². The van der Waals surface area contributed by atoms with Crippen LogP contribution in [0.3, 0.4) is 0 Å². The first-order valence-corrected chi connectivity index (χ1v) is 7.46. The van der Waals surface area contributed by atoms with Crippen LogP contribution in [0.4, 0.5) is 4.39 Å². The molecule has 2 atom stereocenters. The number of nitrogens with zero attached hydrogens (tertiary/aromatic N) is 1. The number of nitrogens with two attached hydrogens (primary N) is 1. The van der Waals surface area contributed by atoms with Crippen LogP contribution in [-0.4, -0.2) is 31.1 Å². The predicted octanol–water partition coefficient (Wildman–Crippen LogP) is 2.78. The van der Waals surface area contributed by atoms with E-state index in [1.54, 1.807) is 7.11 Å². The second kappa shape index (κ2) is 7.04. The lowest BCUT2D eigenvalue weighted by Crippen LogP contribution is -2.39. The fourth-order valence-corrected chi connectivity index (χ4v) is 3.24. The predicted molar refractivity (Wildman–Crippen MR) is 79.2 cm³/mol. The van der Waals surface area contributed by atoms with E-state index in [4.69, 9.17) is 10.5 Å². The van der Waals surface area contributed by atoms with Crippen molar-refractivity contribution < 1.29 is 9.13 Å². The van der Waals surface area contributed by atoms with Gasteiger partial charge in [0, 0.05) is 24.2 Å². The van der Waals surface area contributed by atoms with E-state index in [0.29, 0.717) is 24.3 Å². The molecule has 1 saturated carbocycles. The van der Waals surface area contributed by atoms with Gasteiger partial charge in [0.1, 0.15) is 11.6 Å². The molecule has 20 heavy (non-hydrogen) atoms. The average Bonchev–Trinajstić information content (AvgIpc) is 2.94. The monoisotopic (exact) mass is 280 g/mol. The third-order valence-corrected chi connectivity index (χ3v) is 4.43. The van der Waals surface area contributed by atoms with Gasteiger partial charge in [-0.15, -0.1) is 0 Å². The second-order valence-corrected chi connectivity index (χ2v) is 5.51. The Labute approximate surface area is 120 Å². The van der Waals surface area contributed by atoms with E-state index < -0.39 is 0 Å². The van der Waals surface area contributed by atoms with Crippen molar-refractivity contribution >= 4 is 0 Å². The Morgan fingerprint density at radius 1 is 1.40 bits per heavy atom. The van der Waals surface area contributed by atoms with Crippen molar-refractivity contribution in [3.05, 3.63) is 29.6 Å². The molecular weight excluding hydrogens is 255 g/mol. The third-order valence-electron chi connectivity index (χ3n) is 4.43. The number of hydrogen-bond donors (Lipinski definition) is 1. The first kappa shape index (κ1) is 15.3. The number of halogens is 1. The van der Waals surface area contributed by atoms with Gasteiger partial charge in [-0.05, 0) is 37.9 Å². The Kier molecular flexibility index (Phi) is 5.38. The van der Waals surface area contributed by atoms with Crippen molar-refractivity contribution in [2.24, 2.45) is 11.7 Å². The van der Waals surface area contributed by atoms with Crippen molar-refractivity contribution in [1.82, 2.24) is 4.90 Å². The van der Waals surface area contributed by atoms with Gasteiger partial charge < -0.3 is 10.5 Å². The lowest BCUT2D eigenvalue weighted by molar-refractivity contribution is 0.160. The van der Waals surface area contributed by atoms with Crippen LogP contribution in [0.5, 0.6) is 5.75 Å². The van der Waals surface area contributed by atoms with Crippen molar-refractivity contribution in [2.75, 3.05) is 20.2 Å². The first-order chi connectivity index (χ1) is 9.69. The lowest BCUT2D eigenvalue weighted by atomic mass is 10.0. The topological polar surface area (TPSA) is 38.5 Å². The number of ether oxygens (including phenoxy) is 1. The molecular formula is C16H25FN2O. The molecule has 0 aromatic heterocycles. The summed E-state index contributed by atoms with van der Waals surface area (Å²) >= 11 is 0. The van der Waals surface area contributed by atoms with Crippen molar-refractivity contribution in [2.45, 2.75) is 38.8 Å². The summed E-state index contributed by atoms with van der Waals surface area (Å²) in [7, 11) is 1.55. The molecule has 1 aliphatic rings. The van der Waals surface area contributed by atoms with Crippen LogP contribution in [-0.2, 0) is 6.54 Å². The summed E-state index contributed by atoms with van der Waals surface area (Å²) in [5.41, 5.74) is 6.59. The van der Waals surface area contributed by atoms with Gasteiger partial charge in [0.05, 0.1) is 7.11 Å². The molecule has 1 aromatic carbocycles. The summed E-state index contributed by atoms with van der Waals surface area (Å²) in [5.74, 6) is 0.927. The van der Waals surface area contributed by atoms with Gasteiger partial charge in [-0.1, -0.05) is 19.4 Å². The van der Waals surface area contributed by atoms with Crippen molar-refractivity contribution in [1.29, 1.82) is 0 Å².